The van der Waals surface area contributed by atoms with Crippen molar-refractivity contribution in [1.29, 1.82) is 0 Å². The summed E-state index contributed by atoms with van der Waals surface area (Å²) in [6.07, 6.45) is 0.422. The van der Waals surface area contributed by atoms with Crippen LogP contribution in [0.3, 0.4) is 0 Å². The van der Waals surface area contributed by atoms with Crippen LogP contribution in [0.25, 0.3) is 0 Å². The molecule has 7 heteroatoms. The fraction of sp³-hybridized carbons (Fsp3) is 0.769. The van der Waals surface area contributed by atoms with Crippen molar-refractivity contribution in [3.63, 3.8) is 0 Å². The monoisotopic (exact) mass is 305 g/mol. The molecule has 0 aliphatic carbocycles. The second-order valence-electron chi connectivity index (χ2n) is 4.21. The number of ether oxygens (including phenoxy) is 1. The fourth-order valence-corrected chi connectivity index (χ4v) is 4.20. The molecule has 0 bridgehead atoms. The maximum absolute atomic E-state index is 11.3. The molecule has 0 aliphatic rings. The van der Waals surface area contributed by atoms with E-state index in [2.05, 4.69) is 6.58 Å². The van der Waals surface area contributed by atoms with Gasteiger partial charge in [-0.1, -0.05) is 6.58 Å². The summed E-state index contributed by atoms with van der Waals surface area (Å²) in [6, 6.07) is 0. The number of esters is 1. The van der Waals surface area contributed by atoms with Crippen LogP contribution in [0, 0.1) is 0 Å². The summed E-state index contributed by atoms with van der Waals surface area (Å²) in [5.41, 5.74) is 6.08. The van der Waals surface area contributed by atoms with Crippen molar-refractivity contribution >= 4 is 14.8 Å². The van der Waals surface area contributed by atoms with Gasteiger partial charge < -0.3 is 23.7 Å². The highest BCUT2D eigenvalue weighted by atomic mass is 28.4. The molecule has 2 N–H and O–H groups in total. The zero-order valence-electron chi connectivity index (χ0n) is 12.9. The average Bonchev–Trinajstić information content (AvgIpc) is 2.38. The van der Waals surface area contributed by atoms with E-state index in [0.717, 1.165) is 0 Å². The number of carbonyl (C=O) groups excluding carboxylic acids is 1. The lowest BCUT2D eigenvalue weighted by atomic mass is 10.3. The Hall–Kier alpha value is -0.733. The molecule has 0 fully saturated rings. The van der Waals surface area contributed by atoms with Gasteiger partial charge in [-0.2, -0.15) is 0 Å². The molecule has 0 spiro atoms. The summed E-state index contributed by atoms with van der Waals surface area (Å²) in [7, 11) is -2.93. The van der Waals surface area contributed by atoms with Crippen LogP contribution in [0.5, 0.6) is 0 Å². The van der Waals surface area contributed by atoms with Gasteiger partial charge in [-0.15, -0.1) is 0 Å². The van der Waals surface area contributed by atoms with E-state index in [1.54, 1.807) is 6.92 Å². The highest BCUT2D eigenvalue weighted by Gasteiger charge is 2.47. The highest BCUT2D eigenvalue weighted by molar-refractivity contribution is 6.62. The van der Waals surface area contributed by atoms with Gasteiger partial charge in [0.25, 0.3) is 0 Å². The normalized spacial score (nSPS) is 13.1. The maximum Gasteiger partial charge on any atom is 0.518 e. The van der Waals surface area contributed by atoms with Crippen LogP contribution in [0.1, 0.15) is 34.1 Å². The number of hydrogen-bond donors (Lipinski definition) is 1. The quantitative estimate of drug-likeness (QED) is 0.353. The molecule has 0 aromatic carbocycles. The molecule has 0 saturated heterocycles. The van der Waals surface area contributed by atoms with Gasteiger partial charge in [0, 0.05) is 31.8 Å². The predicted octanol–water partition coefficient (Wildman–Crippen LogP) is 1.41. The summed E-state index contributed by atoms with van der Waals surface area (Å²) >= 11 is 0. The van der Waals surface area contributed by atoms with E-state index in [1.807, 2.05) is 20.8 Å². The minimum Gasteiger partial charge on any atom is -0.462 e. The number of rotatable bonds is 11. The summed E-state index contributed by atoms with van der Waals surface area (Å²) in [5, 5.41) is 0. The minimum absolute atomic E-state index is 0.189. The van der Waals surface area contributed by atoms with Gasteiger partial charge in [-0.05, 0) is 27.7 Å². The predicted molar refractivity (Wildman–Crippen MR) is 79.0 cm³/mol. The van der Waals surface area contributed by atoms with Crippen LogP contribution >= 0.6 is 0 Å². The SMILES string of the molecule is C=C(C)C(=O)OCCC(N)[Si](OCC)(OCC)OCC. The first-order chi connectivity index (χ1) is 9.43. The number of hydrogen-bond acceptors (Lipinski definition) is 6. The molecule has 0 aromatic rings. The molecule has 0 heterocycles. The molecule has 0 aliphatic heterocycles. The Kier molecular flexibility index (Phi) is 9.69. The second kappa shape index (κ2) is 10.1. The van der Waals surface area contributed by atoms with E-state index in [9.17, 15) is 4.79 Å². The third kappa shape index (κ3) is 6.15. The smallest absolute Gasteiger partial charge is 0.462 e. The van der Waals surface area contributed by atoms with E-state index in [-0.39, 0.29) is 6.61 Å². The van der Waals surface area contributed by atoms with Gasteiger partial charge in [-0.25, -0.2) is 4.79 Å². The van der Waals surface area contributed by atoms with Crippen molar-refractivity contribution in [2.24, 2.45) is 5.73 Å². The molecule has 0 rings (SSSR count). The van der Waals surface area contributed by atoms with Crippen LogP contribution < -0.4 is 5.73 Å². The molecule has 1 unspecified atom stereocenters. The zero-order chi connectivity index (χ0) is 15.6. The van der Waals surface area contributed by atoms with Crippen molar-refractivity contribution in [3.05, 3.63) is 12.2 Å². The Labute approximate surface area is 122 Å². The lowest BCUT2D eigenvalue weighted by Crippen LogP contribution is -2.60. The molecule has 0 radical (unpaired) electrons. The van der Waals surface area contributed by atoms with E-state index < -0.39 is 20.4 Å². The molecule has 1 atom stereocenters. The first kappa shape index (κ1) is 19.3. The Morgan fingerprint density at radius 3 is 1.95 bits per heavy atom. The summed E-state index contributed by atoms with van der Waals surface area (Å²) in [6.45, 7) is 12.3. The van der Waals surface area contributed by atoms with Crippen LogP contribution in [0.2, 0.25) is 0 Å². The second-order valence-corrected chi connectivity index (χ2v) is 7.03. The molecular weight excluding hydrogens is 278 g/mol. The van der Waals surface area contributed by atoms with Crippen molar-refractivity contribution in [2.45, 2.75) is 39.8 Å². The van der Waals surface area contributed by atoms with E-state index in [1.165, 1.54) is 0 Å². The number of nitrogens with two attached hydrogens (primary N) is 1. The van der Waals surface area contributed by atoms with E-state index >= 15 is 0 Å². The van der Waals surface area contributed by atoms with Crippen LogP contribution in [0.15, 0.2) is 12.2 Å². The van der Waals surface area contributed by atoms with Crippen molar-refractivity contribution < 1.29 is 22.8 Å². The summed E-state index contributed by atoms with van der Waals surface area (Å²) < 4.78 is 22.1. The van der Waals surface area contributed by atoms with Crippen LogP contribution in [-0.2, 0) is 22.8 Å². The van der Waals surface area contributed by atoms with Crippen molar-refractivity contribution in [1.82, 2.24) is 0 Å². The molecule has 0 saturated carbocycles. The highest BCUT2D eigenvalue weighted by Crippen LogP contribution is 2.16. The van der Waals surface area contributed by atoms with Crippen molar-refractivity contribution in [2.75, 3.05) is 26.4 Å². The van der Waals surface area contributed by atoms with Gasteiger partial charge in [0.15, 0.2) is 0 Å². The molecule has 0 aromatic heterocycles. The topological polar surface area (TPSA) is 80.0 Å². The van der Waals surface area contributed by atoms with Gasteiger partial charge in [0.2, 0.25) is 0 Å². The fourth-order valence-electron chi connectivity index (χ4n) is 1.63. The van der Waals surface area contributed by atoms with Gasteiger partial charge in [0.05, 0.1) is 12.3 Å². The van der Waals surface area contributed by atoms with Gasteiger partial charge >= 0.3 is 14.8 Å². The third-order valence-electron chi connectivity index (χ3n) is 2.50. The van der Waals surface area contributed by atoms with Crippen LogP contribution in [0.4, 0.5) is 0 Å². The van der Waals surface area contributed by atoms with E-state index in [4.69, 9.17) is 23.7 Å². The first-order valence-corrected chi connectivity index (χ1v) is 8.73. The largest absolute Gasteiger partial charge is 0.518 e. The molecule has 0 amide bonds. The Morgan fingerprint density at radius 2 is 1.60 bits per heavy atom. The number of carbonyl (C=O) groups is 1. The minimum atomic E-state index is -2.93. The first-order valence-electron chi connectivity index (χ1n) is 6.93. The average molecular weight is 305 g/mol. The summed E-state index contributed by atoms with van der Waals surface area (Å²) in [4.78, 5) is 11.3. The third-order valence-corrected chi connectivity index (χ3v) is 5.77. The molecule has 6 nitrogen and oxygen atoms in total. The zero-order valence-corrected chi connectivity index (χ0v) is 13.9. The molecule has 20 heavy (non-hydrogen) atoms. The molecule has 118 valence electrons. The van der Waals surface area contributed by atoms with Gasteiger partial charge in [-0.3, -0.25) is 0 Å². The van der Waals surface area contributed by atoms with Crippen molar-refractivity contribution in [3.8, 4) is 0 Å². The lowest BCUT2D eigenvalue weighted by Gasteiger charge is -2.33. The van der Waals surface area contributed by atoms with Crippen LogP contribution in [-0.4, -0.2) is 46.9 Å². The standard InChI is InChI=1S/C13H27NO5Si/c1-6-17-20(18-7-2,19-8-3)12(14)9-10-16-13(15)11(4)5/h12H,4,6-10,14H2,1-3,5H3. The Bertz CT molecular complexity index is 294. The lowest BCUT2D eigenvalue weighted by molar-refractivity contribution is -0.139. The molecular formula is C13H27NO5Si. The van der Waals surface area contributed by atoms with E-state index in [0.29, 0.717) is 31.8 Å². The Balaban J connectivity index is 4.56. The Morgan fingerprint density at radius 1 is 1.15 bits per heavy atom. The summed E-state index contributed by atoms with van der Waals surface area (Å²) in [5.74, 6) is -0.423. The van der Waals surface area contributed by atoms with Gasteiger partial charge in [0.1, 0.15) is 0 Å². The maximum atomic E-state index is 11.3.